The molecule has 4 heterocycles. The minimum Gasteiger partial charge on any atom is -0.326 e. The van der Waals surface area contributed by atoms with Gasteiger partial charge in [-0.2, -0.15) is 0 Å². The Bertz CT molecular complexity index is 1320. The number of halogens is 1. The minimum absolute atomic E-state index is 0.301. The third-order valence-corrected chi connectivity index (χ3v) is 9.13. The number of hydrogen-bond donors (Lipinski definition) is 0. The summed E-state index contributed by atoms with van der Waals surface area (Å²) in [6, 6.07) is 0.301. The molecule has 1 unspecified atom stereocenters. The Kier molecular flexibility index (Phi) is 9.31. The van der Waals surface area contributed by atoms with Gasteiger partial charge < -0.3 is 9.47 Å². The van der Waals surface area contributed by atoms with Gasteiger partial charge in [0.05, 0.1) is 34.3 Å². The van der Waals surface area contributed by atoms with E-state index in [0.717, 1.165) is 51.5 Å². The zero-order valence-electron chi connectivity index (χ0n) is 24.1. The van der Waals surface area contributed by atoms with Crippen molar-refractivity contribution in [3.05, 3.63) is 88.7 Å². The molecule has 0 saturated carbocycles. The van der Waals surface area contributed by atoms with Gasteiger partial charge in [-0.15, -0.1) is 9.24 Å². The highest BCUT2D eigenvalue weighted by molar-refractivity contribution is 14.1. The Balaban J connectivity index is 1.52. The van der Waals surface area contributed by atoms with E-state index in [2.05, 4.69) is 123 Å². The first-order chi connectivity index (χ1) is 18.5. The van der Waals surface area contributed by atoms with Crippen molar-refractivity contribution in [3.8, 4) is 0 Å². The Morgan fingerprint density at radius 3 is 2.38 bits per heavy atom. The summed E-state index contributed by atoms with van der Waals surface area (Å²) in [6.07, 6.45) is 12.1. The number of allylic oxidation sites excluding steroid dienone is 6. The standard InChI is InChI=1S/C30H41IN7P/c1-9-25(12-27-22(6)34-23(7)37(27)20(3)4)26(28(39)10-2)11-21(5)38(31)29-32-13-24(14-33-29)15-36-18-30(19-36)16-35(8)17-30/h9-14,20H,1,5,15-19,39H2,2-4,6-8H3/b25-12+,26-11-,28-10+. The number of hydrogen-bond acceptors (Lipinski definition) is 6. The highest BCUT2D eigenvalue weighted by Gasteiger charge is 2.49. The fourth-order valence-corrected chi connectivity index (χ4v) is 6.50. The minimum atomic E-state index is 0.301. The van der Waals surface area contributed by atoms with Crippen molar-refractivity contribution in [2.24, 2.45) is 5.41 Å². The summed E-state index contributed by atoms with van der Waals surface area (Å²) in [4.78, 5) is 18.9. The zero-order chi connectivity index (χ0) is 28.5. The molecular weight excluding hydrogens is 616 g/mol. The van der Waals surface area contributed by atoms with Gasteiger partial charge in [0.25, 0.3) is 0 Å². The lowest BCUT2D eigenvalue weighted by atomic mass is 9.73. The molecule has 2 aromatic heterocycles. The van der Waals surface area contributed by atoms with E-state index in [0.29, 0.717) is 17.4 Å². The molecule has 208 valence electrons. The lowest BCUT2D eigenvalue weighted by Crippen LogP contribution is -2.70. The Morgan fingerprint density at radius 2 is 1.85 bits per heavy atom. The smallest absolute Gasteiger partial charge is 0.239 e. The van der Waals surface area contributed by atoms with E-state index in [-0.39, 0.29) is 0 Å². The topological polar surface area (TPSA) is 53.3 Å². The molecule has 7 nitrogen and oxygen atoms in total. The normalized spacial score (nSPS) is 18.3. The van der Waals surface area contributed by atoms with Crippen molar-refractivity contribution < 1.29 is 0 Å². The second-order valence-corrected chi connectivity index (χ2v) is 12.8. The molecule has 0 N–H and O–H groups in total. The number of imidazole rings is 1. The van der Waals surface area contributed by atoms with Gasteiger partial charge in [0.2, 0.25) is 5.95 Å². The monoisotopic (exact) mass is 657 g/mol. The van der Waals surface area contributed by atoms with Crippen LogP contribution in [0.1, 0.15) is 49.6 Å². The molecule has 39 heavy (non-hydrogen) atoms. The number of aryl methyl sites for hydroxylation is 2. The van der Waals surface area contributed by atoms with E-state index >= 15 is 0 Å². The van der Waals surface area contributed by atoms with Gasteiger partial charge in [-0.3, -0.25) is 8.01 Å². The van der Waals surface area contributed by atoms with Crippen LogP contribution in [0.25, 0.3) is 6.08 Å². The first-order valence-corrected chi connectivity index (χ1v) is 14.9. The summed E-state index contributed by atoms with van der Waals surface area (Å²) < 4.78 is 4.15. The molecule has 4 rings (SSSR count). The highest BCUT2D eigenvalue weighted by atomic mass is 127. The lowest BCUT2D eigenvalue weighted by Gasteiger charge is -2.59. The molecule has 2 saturated heterocycles. The van der Waals surface area contributed by atoms with Crippen LogP contribution in [-0.4, -0.2) is 62.5 Å². The molecule has 2 aromatic rings. The average molecular weight is 658 g/mol. The summed E-state index contributed by atoms with van der Waals surface area (Å²) in [5.41, 5.74) is 6.55. The number of anilines is 1. The lowest BCUT2D eigenvalue weighted by molar-refractivity contribution is -0.108. The molecule has 0 aliphatic carbocycles. The largest absolute Gasteiger partial charge is 0.326 e. The molecule has 0 aromatic carbocycles. The molecule has 0 radical (unpaired) electrons. The summed E-state index contributed by atoms with van der Waals surface area (Å²) in [5.74, 6) is 1.62. The van der Waals surface area contributed by atoms with E-state index in [1.165, 1.54) is 26.2 Å². The molecule has 1 spiro atoms. The predicted molar refractivity (Wildman–Crippen MR) is 175 cm³/mol. The van der Waals surface area contributed by atoms with Crippen molar-refractivity contribution in [2.45, 2.75) is 47.2 Å². The van der Waals surface area contributed by atoms with Gasteiger partial charge >= 0.3 is 0 Å². The van der Waals surface area contributed by atoms with Gasteiger partial charge in [0.15, 0.2) is 0 Å². The molecule has 0 amide bonds. The van der Waals surface area contributed by atoms with Crippen molar-refractivity contribution >= 4 is 44.1 Å². The van der Waals surface area contributed by atoms with Crippen LogP contribution >= 0.6 is 32.1 Å². The van der Waals surface area contributed by atoms with Crippen LogP contribution in [0.15, 0.2) is 65.9 Å². The van der Waals surface area contributed by atoms with Gasteiger partial charge in [-0.1, -0.05) is 25.3 Å². The zero-order valence-corrected chi connectivity index (χ0v) is 27.4. The summed E-state index contributed by atoms with van der Waals surface area (Å²) in [7, 11) is 5.03. The van der Waals surface area contributed by atoms with Crippen LogP contribution in [0, 0.1) is 19.3 Å². The molecule has 2 aliphatic heterocycles. The van der Waals surface area contributed by atoms with Gasteiger partial charge in [0, 0.05) is 67.8 Å². The van der Waals surface area contributed by atoms with E-state index in [9.17, 15) is 0 Å². The number of likely N-dealkylation sites (tertiary alicyclic amines) is 2. The maximum absolute atomic E-state index is 4.72. The number of nitrogens with zero attached hydrogens (tertiary/aromatic N) is 7. The fourth-order valence-electron chi connectivity index (χ4n) is 5.87. The average Bonchev–Trinajstić information content (AvgIpc) is 3.15. The van der Waals surface area contributed by atoms with E-state index in [1.807, 2.05) is 28.5 Å². The molecule has 2 aliphatic rings. The Morgan fingerprint density at radius 1 is 1.21 bits per heavy atom. The Labute approximate surface area is 250 Å². The third-order valence-electron chi connectivity index (χ3n) is 7.44. The maximum atomic E-state index is 4.72. The van der Waals surface area contributed by atoms with E-state index in [4.69, 9.17) is 4.98 Å². The van der Waals surface area contributed by atoms with Crippen LogP contribution in [0.3, 0.4) is 0 Å². The molecule has 0 bridgehead atoms. The van der Waals surface area contributed by atoms with Gasteiger partial charge in [-0.05, 0) is 70.3 Å². The third kappa shape index (κ3) is 6.45. The van der Waals surface area contributed by atoms with Crippen LogP contribution in [0.5, 0.6) is 0 Å². The van der Waals surface area contributed by atoms with Crippen molar-refractivity contribution in [2.75, 3.05) is 36.3 Å². The van der Waals surface area contributed by atoms with Crippen LogP contribution in [0.2, 0.25) is 0 Å². The SMILES string of the molecule is C=CC(=C\c1c(C)nc(C)n1C(C)C)/C(=C/C(=C)N(I)c1ncc(CN2CC3(CN(C)C3)C2)cn1)C(/P)=C\C. The summed E-state index contributed by atoms with van der Waals surface area (Å²) in [6.45, 7) is 24.6. The highest BCUT2D eigenvalue weighted by Crippen LogP contribution is 2.39. The van der Waals surface area contributed by atoms with Crippen LogP contribution in [0.4, 0.5) is 5.95 Å². The van der Waals surface area contributed by atoms with Gasteiger partial charge in [-0.25, -0.2) is 15.0 Å². The predicted octanol–water partition coefficient (Wildman–Crippen LogP) is 6.26. The molecular formula is C30H41IN7P. The number of rotatable bonds is 10. The van der Waals surface area contributed by atoms with Crippen LogP contribution < -0.4 is 3.11 Å². The molecule has 9 heteroatoms. The van der Waals surface area contributed by atoms with Gasteiger partial charge in [0.1, 0.15) is 5.82 Å². The van der Waals surface area contributed by atoms with E-state index < -0.39 is 0 Å². The summed E-state index contributed by atoms with van der Waals surface area (Å²) >= 11 is 2.22. The first kappa shape index (κ1) is 29.8. The van der Waals surface area contributed by atoms with Crippen molar-refractivity contribution in [1.82, 2.24) is 29.3 Å². The summed E-state index contributed by atoms with van der Waals surface area (Å²) in [5, 5.41) is 1.05. The number of aromatic nitrogens is 4. The fraction of sp³-hybridized carbons (Fsp3) is 0.433. The second kappa shape index (κ2) is 12.2. The quantitative estimate of drug-likeness (QED) is 0.130. The van der Waals surface area contributed by atoms with Crippen molar-refractivity contribution in [3.63, 3.8) is 0 Å². The molecule has 1 atom stereocenters. The second-order valence-electron chi connectivity index (χ2n) is 11.2. The Hall–Kier alpha value is -2.13. The van der Waals surface area contributed by atoms with Crippen molar-refractivity contribution in [1.29, 1.82) is 0 Å². The molecule has 2 fully saturated rings. The van der Waals surface area contributed by atoms with Crippen LogP contribution in [-0.2, 0) is 6.54 Å². The first-order valence-electron chi connectivity index (χ1n) is 13.4. The van der Waals surface area contributed by atoms with E-state index in [1.54, 1.807) is 0 Å². The maximum Gasteiger partial charge on any atom is 0.239 e.